The normalized spacial score (nSPS) is 15.7. The topological polar surface area (TPSA) is 24.7 Å². The van der Waals surface area contributed by atoms with E-state index in [0.29, 0.717) is 0 Å². The van der Waals surface area contributed by atoms with Crippen LogP contribution in [0.25, 0.3) is 16.8 Å². The summed E-state index contributed by atoms with van der Waals surface area (Å²) in [5, 5.41) is 7.19. The van der Waals surface area contributed by atoms with Crippen molar-refractivity contribution in [3.05, 3.63) is 47.5 Å². The van der Waals surface area contributed by atoms with Crippen molar-refractivity contribution in [1.82, 2.24) is 0 Å². The second kappa shape index (κ2) is 4.96. The van der Waals surface area contributed by atoms with Crippen molar-refractivity contribution in [3.8, 4) is 0 Å². The first-order valence-electron chi connectivity index (χ1n) is 5.74. The molecule has 0 amide bonds. The molecule has 0 bridgehead atoms. The van der Waals surface area contributed by atoms with Gasteiger partial charge in [-0.15, -0.1) is 0 Å². The van der Waals surface area contributed by atoms with Crippen molar-refractivity contribution in [3.63, 3.8) is 0 Å². The van der Waals surface area contributed by atoms with Crippen LogP contribution in [0.15, 0.2) is 46.4 Å². The van der Waals surface area contributed by atoms with Crippen molar-refractivity contribution in [1.29, 1.82) is 0 Å². The maximum atomic E-state index is 4.71. The fraction of sp³-hybridized carbons (Fsp3) is 0.0667. The minimum atomic E-state index is -0.0691. The second-order valence-electron chi connectivity index (χ2n) is 4.17. The van der Waals surface area contributed by atoms with Crippen LogP contribution in [0.5, 0.6) is 0 Å². The minimum Gasteiger partial charge on any atom is -0.220 e. The number of hydrogen-bond donors (Lipinski definition) is 0. The first-order valence-corrected chi connectivity index (χ1v) is 6.55. The van der Waals surface area contributed by atoms with Crippen LogP contribution in [0.3, 0.4) is 0 Å². The maximum absolute atomic E-state index is 4.71. The van der Waals surface area contributed by atoms with E-state index in [2.05, 4.69) is 32.4 Å². The van der Waals surface area contributed by atoms with Crippen molar-refractivity contribution >= 4 is 57.3 Å². The molecule has 0 N–H and O–H groups in total. The molecule has 2 nitrogen and oxygen atoms in total. The van der Waals surface area contributed by atoms with Gasteiger partial charge in [0.2, 0.25) is 0 Å². The van der Waals surface area contributed by atoms with E-state index in [4.69, 9.17) is 24.4 Å². The molecule has 1 atom stereocenters. The Balaban J connectivity index is 2.41. The molecule has 4 heteroatoms. The summed E-state index contributed by atoms with van der Waals surface area (Å²) >= 11 is 9.41. The fourth-order valence-corrected chi connectivity index (χ4v) is 2.66. The lowest BCUT2D eigenvalue weighted by Gasteiger charge is -2.18. The van der Waals surface area contributed by atoms with E-state index in [-0.39, 0.29) is 6.04 Å². The molecule has 1 aliphatic carbocycles. The highest BCUT2D eigenvalue weighted by Crippen LogP contribution is 2.39. The van der Waals surface area contributed by atoms with E-state index in [9.17, 15) is 0 Å². The summed E-state index contributed by atoms with van der Waals surface area (Å²) in [6.07, 6.45) is 4.01. The SMILES string of the molecule is S=C=Nc1ccc2cccc3c2c1C=CC3N=C=S. The van der Waals surface area contributed by atoms with Crippen LogP contribution < -0.4 is 0 Å². The zero-order valence-electron chi connectivity index (χ0n) is 9.83. The Labute approximate surface area is 121 Å². The van der Waals surface area contributed by atoms with Crippen LogP contribution in [0.4, 0.5) is 5.69 Å². The molecule has 0 fully saturated rings. The molecular formula is C15H8N2S2. The summed E-state index contributed by atoms with van der Waals surface area (Å²) in [5.41, 5.74) is 3.01. The average molecular weight is 280 g/mol. The standard InChI is InChI=1S/C15H8N2S2/c18-8-16-13-6-4-10-2-1-3-11-14(17-9-19)7-5-12(13)15(10)11/h1-7,14H. The predicted molar refractivity (Wildman–Crippen MR) is 85.4 cm³/mol. The molecule has 1 unspecified atom stereocenters. The number of benzene rings is 2. The zero-order chi connectivity index (χ0) is 13.2. The molecule has 2 aromatic carbocycles. The quantitative estimate of drug-likeness (QED) is 0.586. The number of hydrogen-bond acceptors (Lipinski definition) is 4. The summed E-state index contributed by atoms with van der Waals surface area (Å²) in [5.74, 6) is 0. The number of aliphatic imine (C=N–C) groups is 2. The third-order valence-electron chi connectivity index (χ3n) is 3.22. The molecular weight excluding hydrogens is 272 g/mol. The van der Waals surface area contributed by atoms with E-state index < -0.39 is 0 Å². The second-order valence-corrected chi connectivity index (χ2v) is 4.54. The molecule has 0 aromatic heterocycles. The molecule has 90 valence electrons. The molecule has 1 aliphatic rings. The Morgan fingerprint density at radius 1 is 1.05 bits per heavy atom. The Morgan fingerprint density at radius 3 is 2.74 bits per heavy atom. The first-order chi connectivity index (χ1) is 9.35. The van der Waals surface area contributed by atoms with Gasteiger partial charge in [-0.05, 0) is 46.8 Å². The summed E-state index contributed by atoms with van der Waals surface area (Å²) in [6, 6.07) is 10.1. The fourth-order valence-electron chi connectivity index (χ4n) is 2.45. The lowest BCUT2D eigenvalue weighted by molar-refractivity contribution is 0.932. The van der Waals surface area contributed by atoms with Gasteiger partial charge in [-0.3, -0.25) is 0 Å². The Morgan fingerprint density at radius 2 is 1.95 bits per heavy atom. The minimum absolute atomic E-state index is 0.0691. The van der Waals surface area contributed by atoms with Crippen LogP contribution in [0.1, 0.15) is 17.2 Å². The predicted octanol–water partition coefficient (Wildman–Crippen LogP) is 4.74. The van der Waals surface area contributed by atoms with Gasteiger partial charge in [-0.25, -0.2) is 4.99 Å². The highest BCUT2D eigenvalue weighted by molar-refractivity contribution is 7.78. The van der Waals surface area contributed by atoms with Crippen molar-refractivity contribution in [2.75, 3.05) is 0 Å². The first kappa shape index (κ1) is 12.1. The molecule has 0 radical (unpaired) electrons. The molecule has 19 heavy (non-hydrogen) atoms. The Hall–Kier alpha value is -1.96. The summed E-state index contributed by atoms with van der Waals surface area (Å²) < 4.78 is 0. The highest BCUT2D eigenvalue weighted by Gasteiger charge is 2.18. The molecule has 0 saturated carbocycles. The van der Waals surface area contributed by atoms with Gasteiger partial charge in [0.25, 0.3) is 0 Å². The van der Waals surface area contributed by atoms with Gasteiger partial charge < -0.3 is 0 Å². The molecule has 0 saturated heterocycles. The molecule has 3 rings (SSSR count). The lowest BCUT2D eigenvalue weighted by Crippen LogP contribution is -1.99. The van der Waals surface area contributed by atoms with Gasteiger partial charge in [0.05, 0.1) is 16.0 Å². The highest BCUT2D eigenvalue weighted by atomic mass is 32.1. The van der Waals surface area contributed by atoms with Crippen LogP contribution in [-0.2, 0) is 0 Å². The third kappa shape index (κ3) is 1.97. The molecule has 0 aliphatic heterocycles. The van der Waals surface area contributed by atoms with E-state index in [1.807, 2.05) is 30.4 Å². The van der Waals surface area contributed by atoms with Crippen LogP contribution in [0.2, 0.25) is 0 Å². The maximum Gasteiger partial charge on any atom is 0.104 e. The summed E-state index contributed by atoms with van der Waals surface area (Å²) in [4.78, 5) is 8.31. The molecule has 2 aromatic rings. The zero-order valence-corrected chi connectivity index (χ0v) is 11.5. The van der Waals surface area contributed by atoms with E-state index in [1.165, 1.54) is 0 Å². The van der Waals surface area contributed by atoms with Gasteiger partial charge in [-0.1, -0.05) is 36.4 Å². The smallest absolute Gasteiger partial charge is 0.104 e. The van der Waals surface area contributed by atoms with Crippen LogP contribution in [0, 0.1) is 0 Å². The monoisotopic (exact) mass is 280 g/mol. The van der Waals surface area contributed by atoms with Gasteiger partial charge in [-0.2, -0.15) is 4.99 Å². The van der Waals surface area contributed by atoms with E-state index >= 15 is 0 Å². The average Bonchev–Trinajstić information content (AvgIpc) is 2.44. The van der Waals surface area contributed by atoms with Gasteiger partial charge in [0, 0.05) is 5.56 Å². The number of thiocarbonyl (C=S) groups is 2. The van der Waals surface area contributed by atoms with Crippen molar-refractivity contribution in [2.45, 2.75) is 6.04 Å². The largest absolute Gasteiger partial charge is 0.220 e. The van der Waals surface area contributed by atoms with Gasteiger partial charge >= 0.3 is 0 Å². The summed E-state index contributed by atoms with van der Waals surface area (Å²) in [6.45, 7) is 0. The number of isothiocyanates is 2. The van der Waals surface area contributed by atoms with Crippen molar-refractivity contribution in [2.24, 2.45) is 9.98 Å². The van der Waals surface area contributed by atoms with Crippen LogP contribution in [-0.4, -0.2) is 10.3 Å². The molecule has 0 spiro atoms. The lowest BCUT2D eigenvalue weighted by atomic mass is 9.89. The van der Waals surface area contributed by atoms with E-state index in [0.717, 1.165) is 27.6 Å². The van der Waals surface area contributed by atoms with E-state index in [1.54, 1.807) is 0 Å². The van der Waals surface area contributed by atoms with Gasteiger partial charge in [0.15, 0.2) is 0 Å². The van der Waals surface area contributed by atoms with Crippen molar-refractivity contribution < 1.29 is 0 Å². The Kier molecular flexibility index (Phi) is 3.16. The molecule has 0 heterocycles. The Bertz CT molecular complexity index is 795. The number of nitrogens with zero attached hydrogens (tertiary/aromatic N) is 2. The van der Waals surface area contributed by atoms with Gasteiger partial charge in [0.1, 0.15) is 6.04 Å². The number of rotatable bonds is 2. The summed E-state index contributed by atoms with van der Waals surface area (Å²) in [7, 11) is 0. The third-order valence-corrected chi connectivity index (χ3v) is 3.41. The van der Waals surface area contributed by atoms with Crippen LogP contribution >= 0.6 is 24.4 Å².